The maximum atomic E-state index is 11.4. The van der Waals surface area contributed by atoms with Crippen molar-refractivity contribution in [2.45, 2.75) is 19.3 Å². The van der Waals surface area contributed by atoms with Crippen LogP contribution in [-0.4, -0.2) is 11.6 Å². The van der Waals surface area contributed by atoms with Gasteiger partial charge in [-0.05, 0) is 0 Å². The molecule has 0 saturated heterocycles. The Labute approximate surface area is 103 Å². The molecular weight excluding hydrogens is 241 g/mol. The largest absolute Gasteiger partial charge is 0.324 e. The van der Waals surface area contributed by atoms with Gasteiger partial charge in [-0.3, -0.25) is 9.59 Å². The van der Waals surface area contributed by atoms with E-state index >= 15 is 0 Å². The van der Waals surface area contributed by atoms with Gasteiger partial charge >= 0.3 is 0 Å². The molecule has 4 unspecified atom stereocenters. The van der Waals surface area contributed by atoms with Crippen LogP contribution in [0.4, 0.5) is 0 Å². The van der Waals surface area contributed by atoms with E-state index < -0.39 is 0 Å². The van der Waals surface area contributed by atoms with E-state index in [1.54, 1.807) is 0 Å². The Morgan fingerprint density at radius 1 is 1.15 bits per heavy atom. The first-order valence-electron chi connectivity index (χ1n) is 4.66. The summed E-state index contributed by atoms with van der Waals surface area (Å²) < 4.78 is 0. The first kappa shape index (κ1) is 9.98. The molecule has 1 radical (unpaired) electrons. The Kier molecular flexibility index (Phi) is 2.48. The monoisotopic (exact) mass is 252 g/mol. The van der Waals surface area contributed by atoms with Gasteiger partial charge in [0.2, 0.25) is 0 Å². The van der Waals surface area contributed by atoms with Crippen molar-refractivity contribution in [3.05, 3.63) is 6.42 Å². The molecule has 2 nitrogen and oxygen atoms in total. The first-order chi connectivity index (χ1) is 5.77. The fourth-order valence-electron chi connectivity index (χ4n) is 3.35. The minimum atomic E-state index is 0. The Morgan fingerprint density at radius 2 is 1.85 bits per heavy atom. The molecule has 2 bridgehead atoms. The van der Waals surface area contributed by atoms with Crippen molar-refractivity contribution in [2.75, 3.05) is 0 Å². The molecule has 0 heterocycles. The Bertz CT molecular complexity index is 248. The predicted molar refractivity (Wildman–Crippen MR) is 42.1 cm³/mol. The maximum Gasteiger partial charge on any atom is 0.144 e. The standard InChI is InChI=1S/C10H11O2.Y/c11-7-4-8(12)10-6-2-1-5(3-6)9(7)10;/h1,5-6,9-10H,2-4H2;/q-1;. The SMILES string of the molecule is O=C1CC(=O)C2C3C[CH-]C(C3)C12.[Y]. The van der Waals surface area contributed by atoms with E-state index in [4.69, 9.17) is 0 Å². The predicted octanol–water partition coefficient (Wildman–Crippen LogP) is 1.00. The van der Waals surface area contributed by atoms with Gasteiger partial charge in [-0.25, -0.2) is 0 Å². The molecule has 0 amide bonds. The van der Waals surface area contributed by atoms with Crippen LogP contribution in [0.3, 0.4) is 0 Å². The summed E-state index contributed by atoms with van der Waals surface area (Å²) in [4.78, 5) is 22.8. The summed E-state index contributed by atoms with van der Waals surface area (Å²) in [5.41, 5.74) is 0. The number of Topliss-reactive ketones (excluding diaryl/α,β-unsaturated/α-hetero) is 2. The van der Waals surface area contributed by atoms with E-state index in [1.807, 2.05) is 0 Å². The molecule has 0 aromatic rings. The summed E-state index contributed by atoms with van der Waals surface area (Å²) in [6.07, 6.45) is 4.66. The van der Waals surface area contributed by atoms with Gasteiger partial charge in [0.1, 0.15) is 11.6 Å². The molecule has 67 valence electrons. The Balaban J connectivity index is 0.000000653. The number of hydrogen-bond acceptors (Lipinski definition) is 2. The molecular formula is C10H11O2Y-. The third-order valence-electron chi connectivity index (χ3n) is 3.76. The van der Waals surface area contributed by atoms with Crippen molar-refractivity contribution < 1.29 is 42.3 Å². The van der Waals surface area contributed by atoms with E-state index in [0.717, 1.165) is 12.8 Å². The van der Waals surface area contributed by atoms with Crippen LogP contribution in [0.15, 0.2) is 0 Å². The zero-order valence-corrected chi connectivity index (χ0v) is 10.2. The summed E-state index contributed by atoms with van der Waals surface area (Å²) >= 11 is 0. The molecule has 3 heteroatoms. The van der Waals surface area contributed by atoms with Gasteiger partial charge < -0.3 is 6.42 Å². The molecule has 3 saturated carbocycles. The summed E-state index contributed by atoms with van der Waals surface area (Å²) in [6, 6.07) is 0. The fraction of sp³-hybridized carbons (Fsp3) is 0.700. The average Bonchev–Trinajstić information content (AvgIpc) is 2.64. The molecule has 3 rings (SSSR count). The normalized spacial score (nSPS) is 46.5. The van der Waals surface area contributed by atoms with Crippen LogP contribution in [0.5, 0.6) is 0 Å². The third-order valence-corrected chi connectivity index (χ3v) is 3.76. The summed E-state index contributed by atoms with van der Waals surface area (Å²) in [5.74, 6) is 1.67. The van der Waals surface area contributed by atoms with Crippen LogP contribution in [0.2, 0.25) is 0 Å². The second-order valence-corrected chi connectivity index (χ2v) is 4.29. The van der Waals surface area contributed by atoms with E-state index in [0.29, 0.717) is 11.8 Å². The van der Waals surface area contributed by atoms with Crippen molar-refractivity contribution >= 4 is 11.6 Å². The number of fused-ring (bicyclic) bond motifs is 5. The van der Waals surface area contributed by atoms with Gasteiger partial charge in [0.25, 0.3) is 0 Å². The summed E-state index contributed by atoms with van der Waals surface area (Å²) in [7, 11) is 0. The van der Waals surface area contributed by atoms with E-state index in [9.17, 15) is 9.59 Å². The minimum absolute atomic E-state index is 0. The van der Waals surface area contributed by atoms with Gasteiger partial charge in [0, 0.05) is 44.5 Å². The number of rotatable bonds is 0. The zero-order chi connectivity index (χ0) is 8.29. The molecule has 13 heavy (non-hydrogen) atoms. The molecule has 0 aromatic heterocycles. The molecule has 0 spiro atoms. The number of carbonyl (C=O) groups is 2. The van der Waals surface area contributed by atoms with Crippen LogP contribution in [0.1, 0.15) is 19.3 Å². The van der Waals surface area contributed by atoms with E-state index in [2.05, 4.69) is 6.42 Å². The quantitative estimate of drug-likeness (QED) is 0.476. The van der Waals surface area contributed by atoms with Crippen LogP contribution in [0.25, 0.3) is 0 Å². The van der Waals surface area contributed by atoms with Crippen molar-refractivity contribution in [3.63, 3.8) is 0 Å². The Morgan fingerprint density at radius 3 is 2.54 bits per heavy atom. The molecule has 3 fully saturated rings. The van der Waals surface area contributed by atoms with Crippen molar-refractivity contribution in [3.8, 4) is 0 Å². The number of hydrogen-bond donors (Lipinski definition) is 0. The van der Waals surface area contributed by atoms with Crippen LogP contribution in [0, 0.1) is 30.1 Å². The topological polar surface area (TPSA) is 34.1 Å². The number of carbonyl (C=O) groups excluding carboxylic acids is 2. The first-order valence-corrected chi connectivity index (χ1v) is 4.66. The maximum absolute atomic E-state index is 11.4. The van der Waals surface area contributed by atoms with Gasteiger partial charge in [0.15, 0.2) is 0 Å². The van der Waals surface area contributed by atoms with Gasteiger partial charge in [-0.1, -0.05) is 12.3 Å². The summed E-state index contributed by atoms with van der Waals surface area (Å²) in [5, 5.41) is 0. The Hall–Kier alpha value is 0.444. The second-order valence-electron chi connectivity index (χ2n) is 4.29. The van der Waals surface area contributed by atoms with Crippen molar-refractivity contribution in [1.82, 2.24) is 0 Å². The average molecular weight is 252 g/mol. The second kappa shape index (κ2) is 3.24. The van der Waals surface area contributed by atoms with Gasteiger partial charge in [-0.2, -0.15) is 12.3 Å². The van der Waals surface area contributed by atoms with Gasteiger partial charge in [0.05, 0.1) is 6.42 Å². The van der Waals surface area contributed by atoms with Crippen LogP contribution >= 0.6 is 0 Å². The van der Waals surface area contributed by atoms with Crippen LogP contribution in [-0.2, 0) is 42.3 Å². The summed E-state index contributed by atoms with van der Waals surface area (Å²) in [6.45, 7) is 0. The van der Waals surface area contributed by atoms with E-state index in [-0.39, 0.29) is 62.5 Å². The van der Waals surface area contributed by atoms with Gasteiger partial charge in [-0.15, -0.1) is 0 Å². The number of ketones is 2. The van der Waals surface area contributed by atoms with Crippen LogP contribution < -0.4 is 0 Å². The third kappa shape index (κ3) is 1.21. The molecule has 4 atom stereocenters. The molecule has 0 N–H and O–H groups in total. The fourth-order valence-corrected chi connectivity index (χ4v) is 3.35. The van der Waals surface area contributed by atoms with Crippen molar-refractivity contribution in [2.24, 2.45) is 23.7 Å². The molecule has 0 aromatic carbocycles. The molecule has 0 aliphatic heterocycles. The smallest absolute Gasteiger partial charge is 0.144 e. The molecule has 3 aliphatic rings. The molecule has 3 aliphatic carbocycles. The zero-order valence-electron chi connectivity index (χ0n) is 7.40. The van der Waals surface area contributed by atoms with E-state index in [1.165, 1.54) is 0 Å². The van der Waals surface area contributed by atoms with Crippen molar-refractivity contribution in [1.29, 1.82) is 0 Å². The minimum Gasteiger partial charge on any atom is -0.324 e.